The number of amides is 1. The Hall–Kier alpha value is -4.82. The third-order valence-corrected chi connectivity index (χ3v) is 9.38. The Kier molecular flexibility index (Phi) is 27.8. The summed E-state index contributed by atoms with van der Waals surface area (Å²) in [6, 6.07) is 14.3. The van der Waals surface area contributed by atoms with E-state index in [9.17, 15) is 19.2 Å². The summed E-state index contributed by atoms with van der Waals surface area (Å²) in [7, 11) is 7.11. The summed E-state index contributed by atoms with van der Waals surface area (Å²) < 4.78 is 2.92. The van der Waals surface area contributed by atoms with Crippen LogP contribution in [0.25, 0.3) is 10.2 Å². The molecule has 1 aliphatic heterocycles. The third kappa shape index (κ3) is 23.1. The van der Waals surface area contributed by atoms with Crippen LogP contribution in [0, 0.1) is 13.8 Å². The molecular formula is C42H68N8O9S. The van der Waals surface area contributed by atoms with Gasteiger partial charge in [-0.2, -0.15) is 0 Å². The number of carbonyl (C=O) groups is 4. The molecule has 336 valence electrons. The number of anilines is 2. The summed E-state index contributed by atoms with van der Waals surface area (Å²) >= 11 is 1.68. The largest absolute Gasteiger partial charge is 0.480 e. The zero-order chi connectivity index (χ0) is 45.9. The number of aliphatic hydroxyl groups excluding tert-OH is 4. The van der Waals surface area contributed by atoms with Crippen LogP contribution in [0.1, 0.15) is 68.2 Å². The molecule has 0 bridgehead atoms. The van der Waals surface area contributed by atoms with Gasteiger partial charge in [0.25, 0.3) is 5.91 Å². The minimum absolute atomic E-state index is 0.0521. The molecular weight excluding hydrogens is 793 g/mol. The Balaban J connectivity index is 0.000000723. The van der Waals surface area contributed by atoms with Gasteiger partial charge in [-0.1, -0.05) is 55.5 Å². The van der Waals surface area contributed by atoms with Gasteiger partial charge in [-0.25, -0.2) is 9.97 Å². The molecule has 5 rings (SSSR count). The maximum absolute atomic E-state index is 12.0. The first kappa shape index (κ1) is 55.2. The fourth-order valence-corrected chi connectivity index (χ4v) is 5.66. The first-order valence-electron chi connectivity index (χ1n) is 19.6. The Labute approximate surface area is 358 Å². The second-order valence-corrected chi connectivity index (χ2v) is 15.1. The van der Waals surface area contributed by atoms with Crippen LogP contribution in [0.15, 0.2) is 48.8 Å². The fourth-order valence-electron chi connectivity index (χ4n) is 4.84. The van der Waals surface area contributed by atoms with Crippen molar-refractivity contribution in [1.29, 1.82) is 0 Å². The molecule has 0 spiro atoms. The molecule has 1 aliphatic rings. The van der Waals surface area contributed by atoms with E-state index in [1.165, 1.54) is 28.3 Å². The van der Waals surface area contributed by atoms with E-state index in [-0.39, 0.29) is 24.7 Å². The van der Waals surface area contributed by atoms with Crippen molar-refractivity contribution < 1.29 is 44.7 Å². The molecule has 3 unspecified atom stereocenters. The Morgan fingerprint density at radius 3 is 1.92 bits per heavy atom. The average Bonchev–Trinajstić information content (AvgIpc) is 3.79. The highest BCUT2D eigenvalue weighted by molar-refractivity contribution is 7.22. The van der Waals surface area contributed by atoms with Crippen molar-refractivity contribution in [1.82, 2.24) is 29.7 Å². The Morgan fingerprint density at radius 1 is 0.917 bits per heavy atom. The van der Waals surface area contributed by atoms with E-state index in [1.54, 1.807) is 62.1 Å². The van der Waals surface area contributed by atoms with Crippen LogP contribution < -0.4 is 16.0 Å². The number of rotatable bonds is 13. The number of aliphatic carboxylic acids is 1. The van der Waals surface area contributed by atoms with Crippen LogP contribution in [-0.4, -0.2) is 152 Å². The number of carboxylic acid groups (broad SMARTS) is 1. The molecule has 0 aliphatic carbocycles. The topological polar surface area (TPSA) is 243 Å². The maximum atomic E-state index is 12.0. The van der Waals surface area contributed by atoms with E-state index >= 15 is 0 Å². The second-order valence-electron chi connectivity index (χ2n) is 14.1. The highest BCUT2D eigenvalue weighted by Gasteiger charge is 2.20. The van der Waals surface area contributed by atoms with Crippen LogP contribution in [-0.2, 0) is 27.9 Å². The van der Waals surface area contributed by atoms with E-state index in [0.717, 1.165) is 23.7 Å². The standard InChI is InChI=1S/C15H23NO.C8H8N2S.C6H8N4O.C5H10O3.C4H9NO2.C4H10O2/c1-5-16(6-2)11-14(17)10-15-12(3)8-7-9-13(15)4;1-9-8-10-6-4-2-3-5-7(6)11-8;1-10-3-9-5-4(10)6(11)8-2-7-5;1-4(7)2-5(8)3-6;1-5(2)3-4(6)7;1-3(5)4(2)6/h7-9H,5-6,10-11H2,1-4H3;2-5H,1H3,(H,9,10);3,7H,2H2,1H3,(H,8,11);4,6-7H,2-3H2,1H3;3H2,1-2H3,(H,6,7);3-6H,1-2H3. The summed E-state index contributed by atoms with van der Waals surface area (Å²) in [4.78, 5) is 55.2. The number of hydrogen-bond acceptors (Lipinski definition) is 15. The van der Waals surface area contributed by atoms with Gasteiger partial charge in [0.2, 0.25) is 0 Å². The lowest BCUT2D eigenvalue weighted by Crippen LogP contribution is -2.35. The number of ketones is 2. The first-order valence-corrected chi connectivity index (χ1v) is 20.4. The van der Waals surface area contributed by atoms with Gasteiger partial charge in [0.05, 0.1) is 54.6 Å². The fraction of sp³-hybridized carbons (Fsp3) is 0.524. The van der Waals surface area contributed by atoms with Crippen molar-refractivity contribution in [3.05, 3.63) is 71.2 Å². The number of nitrogens with zero attached hydrogens (tertiary/aromatic N) is 5. The Bertz CT molecular complexity index is 1800. The number of carbonyl (C=O) groups excluding carboxylic acids is 3. The van der Waals surface area contributed by atoms with Crippen molar-refractivity contribution in [3.63, 3.8) is 0 Å². The van der Waals surface area contributed by atoms with Gasteiger partial charge in [-0.15, -0.1) is 0 Å². The summed E-state index contributed by atoms with van der Waals surface area (Å²) in [5.74, 6) is -0.203. The minimum atomic E-state index is -0.787. The highest BCUT2D eigenvalue weighted by atomic mass is 32.1. The van der Waals surface area contributed by atoms with Crippen molar-refractivity contribution in [2.24, 2.45) is 7.05 Å². The molecule has 8 N–H and O–H groups in total. The third-order valence-electron chi connectivity index (χ3n) is 8.33. The first-order chi connectivity index (χ1) is 28.2. The van der Waals surface area contributed by atoms with Crippen LogP contribution in [0.4, 0.5) is 10.9 Å². The average molecular weight is 861 g/mol. The van der Waals surface area contributed by atoms with Crippen molar-refractivity contribution in [2.75, 3.05) is 71.2 Å². The van der Waals surface area contributed by atoms with Crippen LogP contribution >= 0.6 is 11.3 Å². The highest BCUT2D eigenvalue weighted by Crippen LogP contribution is 2.24. The molecule has 1 amide bonds. The van der Waals surface area contributed by atoms with Crippen LogP contribution in [0.5, 0.6) is 0 Å². The molecule has 18 heteroatoms. The maximum Gasteiger partial charge on any atom is 0.317 e. The number of para-hydroxylation sites is 1. The van der Waals surface area contributed by atoms with Crippen molar-refractivity contribution in [2.45, 2.75) is 79.6 Å². The number of likely N-dealkylation sites (N-methyl/N-ethyl adjacent to an activating group) is 2. The number of benzene rings is 2. The summed E-state index contributed by atoms with van der Waals surface area (Å²) in [5.41, 5.74) is 5.30. The Morgan fingerprint density at radius 2 is 1.50 bits per heavy atom. The number of carboxylic acids is 1. The zero-order valence-corrected chi connectivity index (χ0v) is 37.8. The lowest BCUT2D eigenvalue weighted by Gasteiger charge is -2.17. The quantitative estimate of drug-likeness (QED) is 0.0962. The van der Waals surface area contributed by atoms with E-state index in [4.69, 9.17) is 25.5 Å². The molecule has 0 radical (unpaired) electrons. The minimum Gasteiger partial charge on any atom is -0.480 e. The smallest absolute Gasteiger partial charge is 0.317 e. The number of aryl methyl sites for hydroxylation is 3. The molecule has 60 heavy (non-hydrogen) atoms. The van der Waals surface area contributed by atoms with Gasteiger partial charge in [-0.3, -0.25) is 29.0 Å². The zero-order valence-electron chi connectivity index (χ0n) is 37.0. The van der Waals surface area contributed by atoms with Crippen LogP contribution in [0.3, 0.4) is 0 Å². The monoisotopic (exact) mass is 860 g/mol. The van der Waals surface area contributed by atoms with Gasteiger partial charge in [0.1, 0.15) is 6.61 Å². The second kappa shape index (κ2) is 30.2. The van der Waals surface area contributed by atoms with Gasteiger partial charge in [0, 0.05) is 26.9 Å². The van der Waals surface area contributed by atoms with Crippen molar-refractivity contribution in [3.8, 4) is 0 Å². The SMILES string of the molecule is CC(O)C(C)O.CC(O)CC(=O)CO.CCN(CC)CC(=O)Cc1c(C)cccc1C.CN(C)CC(=O)O.CNc1nc2ccccc2s1.Cn1cnc2c1C(=O)NCN2. The summed E-state index contributed by atoms with van der Waals surface area (Å²) in [6.45, 7) is 15.5. The number of nitrogens with one attached hydrogen (secondary N) is 3. The summed E-state index contributed by atoms with van der Waals surface area (Å²) in [5, 5.41) is 51.1. The number of thiazole rings is 1. The number of aromatic nitrogens is 3. The van der Waals surface area contributed by atoms with E-state index < -0.39 is 30.9 Å². The summed E-state index contributed by atoms with van der Waals surface area (Å²) in [6.07, 6.45) is 0.415. The normalized spacial score (nSPS) is 12.7. The van der Waals surface area contributed by atoms with E-state index in [2.05, 4.69) is 76.7 Å². The predicted molar refractivity (Wildman–Crippen MR) is 239 cm³/mol. The number of hydrogen-bond donors (Lipinski definition) is 8. The van der Waals surface area contributed by atoms with E-state index in [1.807, 2.05) is 31.3 Å². The molecule has 3 heterocycles. The molecule has 17 nitrogen and oxygen atoms in total. The molecule has 2 aromatic carbocycles. The van der Waals surface area contributed by atoms with Gasteiger partial charge < -0.3 is 46.1 Å². The van der Waals surface area contributed by atoms with Crippen LogP contribution in [0.2, 0.25) is 0 Å². The number of aliphatic hydroxyl groups is 4. The molecule has 4 aromatic rings. The molecule has 0 saturated carbocycles. The predicted octanol–water partition coefficient (Wildman–Crippen LogP) is 3.33. The van der Waals surface area contributed by atoms with Gasteiger partial charge >= 0.3 is 5.97 Å². The molecule has 2 aromatic heterocycles. The lowest BCUT2D eigenvalue weighted by atomic mass is 9.98. The van der Waals surface area contributed by atoms with Crippen molar-refractivity contribution >= 4 is 55.9 Å². The lowest BCUT2D eigenvalue weighted by molar-refractivity contribution is -0.137. The molecule has 0 saturated heterocycles. The molecule has 0 fully saturated rings. The molecule has 3 atom stereocenters. The number of fused-ring (bicyclic) bond motifs is 2. The van der Waals surface area contributed by atoms with E-state index in [0.29, 0.717) is 36.9 Å². The number of imidazole rings is 1. The number of Topliss-reactive ketones (excluding diaryl/α,β-unsaturated/α-hetero) is 2. The van der Waals surface area contributed by atoms with Gasteiger partial charge in [0.15, 0.2) is 28.2 Å². The van der Waals surface area contributed by atoms with Gasteiger partial charge in [-0.05, 0) is 90.6 Å².